The summed E-state index contributed by atoms with van der Waals surface area (Å²) in [6, 6.07) is 11.6. The highest BCUT2D eigenvalue weighted by atomic mass is 15.2. The number of nitrogens with zero attached hydrogens (tertiary/aromatic N) is 1. The lowest BCUT2D eigenvalue weighted by molar-refractivity contribution is 0.152. The molecule has 1 nitrogen and oxygen atoms in total. The van der Waals surface area contributed by atoms with Gasteiger partial charge in [-0.1, -0.05) is 49.9 Å². The molecule has 0 N–H and O–H groups in total. The van der Waals surface area contributed by atoms with E-state index in [9.17, 15) is 0 Å². The van der Waals surface area contributed by atoms with Crippen molar-refractivity contribution in [3.05, 3.63) is 35.9 Å². The van der Waals surface area contributed by atoms with E-state index in [1.165, 1.54) is 37.7 Å². The highest BCUT2D eigenvalue weighted by Gasteiger charge is 2.21. The molecule has 0 bridgehead atoms. The minimum atomic E-state index is 0.777. The highest BCUT2D eigenvalue weighted by molar-refractivity contribution is 6.33. The molecule has 1 aromatic rings. The smallest absolute Gasteiger partial charge is 0.107 e. The molecule has 1 aromatic carbocycles. The van der Waals surface area contributed by atoms with E-state index in [4.69, 9.17) is 0 Å². The van der Waals surface area contributed by atoms with Gasteiger partial charge in [-0.2, -0.15) is 0 Å². The van der Waals surface area contributed by atoms with Gasteiger partial charge in [-0.05, 0) is 24.9 Å². The summed E-state index contributed by atoms with van der Waals surface area (Å²) in [7, 11) is 2.31. The Kier molecular flexibility index (Phi) is 4.47. The Labute approximate surface area is 100 Å². The molecular weight excluding hydrogens is 193 g/mol. The third kappa shape index (κ3) is 3.12. The number of piperidine rings is 1. The van der Waals surface area contributed by atoms with Crippen molar-refractivity contribution in [3.8, 4) is 0 Å². The van der Waals surface area contributed by atoms with Crippen molar-refractivity contribution in [2.45, 2.75) is 45.0 Å². The predicted octanol–water partition coefficient (Wildman–Crippen LogP) is 3.21. The standard InChI is InChI=1S/C14H21BN/c1-15-11-14-9-5-6-10-16(14)12-13-7-3-2-4-8-13/h2-4,7-8,14H,5-6,9-12H2,1H3/t14-/m1/s1. The second-order valence-corrected chi connectivity index (χ2v) is 4.75. The van der Waals surface area contributed by atoms with Gasteiger partial charge >= 0.3 is 0 Å². The molecule has 0 aromatic heterocycles. The number of likely N-dealkylation sites (tertiary alicyclic amines) is 1. The van der Waals surface area contributed by atoms with Gasteiger partial charge in [-0.3, -0.25) is 4.90 Å². The van der Waals surface area contributed by atoms with E-state index < -0.39 is 0 Å². The maximum absolute atomic E-state index is 2.65. The number of benzene rings is 1. The normalized spacial score (nSPS) is 21.9. The maximum atomic E-state index is 2.65. The summed E-state index contributed by atoms with van der Waals surface area (Å²) in [5, 5.41) is 0. The van der Waals surface area contributed by atoms with Gasteiger partial charge in [0.2, 0.25) is 0 Å². The van der Waals surface area contributed by atoms with Gasteiger partial charge in [-0.15, -0.1) is 0 Å². The summed E-state index contributed by atoms with van der Waals surface area (Å²) in [6.07, 6.45) is 5.39. The van der Waals surface area contributed by atoms with Crippen molar-refractivity contribution in [1.82, 2.24) is 4.90 Å². The number of rotatable bonds is 4. The molecule has 1 fully saturated rings. The highest BCUT2D eigenvalue weighted by Crippen LogP contribution is 2.21. The maximum Gasteiger partial charge on any atom is 0.107 e. The summed E-state index contributed by atoms with van der Waals surface area (Å²) in [5.41, 5.74) is 1.45. The Balaban J connectivity index is 1.96. The molecule has 1 heterocycles. The van der Waals surface area contributed by atoms with Crippen LogP contribution in [0.2, 0.25) is 13.1 Å². The molecule has 1 aliphatic heterocycles. The summed E-state index contributed by atoms with van der Waals surface area (Å²) in [6.45, 7) is 4.57. The average molecular weight is 214 g/mol. The van der Waals surface area contributed by atoms with Crippen molar-refractivity contribution in [2.24, 2.45) is 0 Å². The Bertz CT molecular complexity index is 297. The fraction of sp³-hybridized carbons (Fsp3) is 0.571. The van der Waals surface area contributed by atoms with Gasteiger partial charge in [-0.25, -0.2) is 0 Å². The fourth-order valence-corrected chi connectivity index (χ4v) is 2.63. The van der Waals surface area contributed by atoms with Crippen LogP contribution in [0.1, 0.15) is 24.8 Å². The lowest BCUT2D eigenvalue weighted by Crippen LogP contribution is -2.39. The van der Waals surface area contributed by atoms with Crippen molar-refractivity contribution in [1.29, 1.82) is 0 Å². The largest absolute Gasteiger partial charge is 0.297 e. The lowest BCUT2D eigenvalue weighted by atomic mass is 9.72. The van der Waals surface area contributed by atoms with Crippen LogP contribution in [0.3, 0.4) is 0 Å². The van der Waals surface area contributed by atoms with Crippen LogP contribution in [0.4, 0.5) is 0 Å². The molecule has 16 heavy (non-hydrogen) atoms. The minimum Gasteiger partial charge on any atom is -0.297 e. The van der Waals surface area contributed by atoms with Crippen LogP contribution in [0.15, 0.2) is 30.3 Å². The first kappa shape index (κ1) is 11.7. The zero-order chi connectivity index (χ0) is 11.2. The molecule has 0 amide bonds. The van der Waals surface area contributed by atoms with E-state index >= 15 is 0 Å². The molecule has 1 aliphatic rings. The topological polar surface area (TPSA) is 3.24 Å². The summed E-state index contributed by atoms with van der Waals surface area (Å²) in [5.74, 6) is 0. The Hall–Kier alpha value is -0.755. The van der Waals surface area contributed by atoms with Gasteiger partial charge in [0.1, 0.15) is 7.28 Å². The third-order valence-corrected chi connectivity index (χ3v) is 3.49. The van der Waals surface area contributed by atoms with Crippen LogP contribution in [-0.2, 0) is 6.54 Å². The van der Waals surface area contributed by atoms with Gasteiger partial charge in [0, 0.05) is 12.6 Å². The van der Waals surface area contributed by atoms with Crippen LogP contribution in [0, 0.1) is 0 Å². The van der Waals surface area contributed by atoms with Crippen LogP contribution in [-0.4, -0.2) is 24.8 Å². The Morgan fingerprint density at radius 3 is 2.81 bits per heavy atom. The zero-order valence-electron chi connectivity index (χ0n) is 10.2. The van der Waals surface area contributed by atoms with E-state index in [1.54, 1.807) is 0 Å². The van der Waals surface area contributed by atoms with E-state index in [1.807, 2.05) is 0 Å². The molecule has 1 saturated heterocycles. The molecule has 0 unspecified atom stereocenters. The number of hydrogen-bond acceptors (Lipinski definition) is 1. The van der Waals surface area contributed by atoms with Crippen molar-refractivity contribution in [3.63, 3.8) is 0 Å². The van der Waals surface area contributed by atoms with Crippen molar-refractivity contribution >= 4 is 7.28 Å². The van der Waals surface area contributed by atoms with E-state index in [0.29, 0.717) is 0 Å². The molecule has 0 saturated carbocycles. The Morgan fingerprint density at radius 1 is 1.25 bits per heavy atom. The van der Waals surface area contributed by atoms with Crippen molar-refractivity contribution < 1.29 is 0 Å². The SMILES string of the molecule is C[B]C[C@H]1CCCCN1Cc1ccccc1. The molecule has 0 spiro atoms. The first-order chi connectivity index (χ1) is 7.90. The molecule has 85 valence electrons. The second kappa shape index (κ2) is 6.10. The van der Waals surface area contributed by atoms with E-state index in [2.05, 4.69) is 49.3 Å². The minimum absolute atomic E-state index is 0.777. The first-order valence-corrected chi connectivity index (χ1v) is 6.46. The van der Waals surface area contributed by atoms with Crippen LogP contribution < -0.4 is 0 Å². The molecule has 1 radical (unpaired) electrons. The summed E-state index contributed by atoms with van der Waals surface area (Å²) in [4.78, 5) is 2.65. The van der Waals surface area contributed by atoms with Gasteiger partial charge in [0.05, 0.1) is 0 Å². The lowest BCUT2D eigenvalue weighted by Gasteiger charge is -2.35. The zero-order valence-corrected chi connectivity index (χ0v) is 10.2. The summed E-state index contributed by atoms with van der Waals surface area (Å²) < 4.78 is 0. The monoisotopic (exact) mass is 214 g/mol. The van der Waals surface area contributed by atoms with E-state index in [0.717, 1.165) is 12.6 Å². The van der Waals surface area contributed by atoms with Crippen LogP contribution in [0.25, 0.3) is 0 Å². The quantitative estimate of drug-likeness (QED) is 0.695. The third-order valence-electron chi connectivity index (χ3n) is 3.49. The molecular formula is C14H21BN. The average Bonchev–Trinajstić information content (AvgIpc) is 2.33. The predicted molar refractivity (Wildman–Crippen MR) is 70.9 cm³/mol. The van der Waals surface area contributed by atoms with Crippen molar-refractivity contribution in [2.75, 3.05) is 6.54 Å². The number of hydrogen-bond donors (Lipinski definition) is 0. The summed E-state index contributed by atoms with van der Waals surface area (Å²) >= 11 is 0. The fourth-order valence-electron chi connectivity index (χ4n) is 2.63. The van der Waals surface area contributed by atoms with Crippen LogP contribution >= 0.6 is 0 Å². The molecule has 2 heteroatoms. The van der Waals surface area contributed by atoms with Crippen LogP contribution in [0.5, 0.6) is 0 Å². The van der Waals surface area contributed by atoms with Gasteiger partial charge < -0.3 is 0 Å². The molecule has 1 atom stereocenters. The van der Waals surface area contributed by atoms with E-state index in [-0.39, 0.29) is 0 Å². The van der Waals surface area contributed by atoms with Gasteiger partial charge in [0.25, 0.3) is 0 Å². The molecule has 0 aliphatic carbocycles. The first-order valence-electron chi connectivity index (χ1n) is 6.46. The Morgan fingerprint density at radius 2 is 2.06 bits per heavy atom. The second-order valence-electron chi connectivity index (χ2n) is 4.75. The van der Waals surface area contributed by atoms with Gasteiger partial charge in [0.15, 0.2) is 0 Å². The molecule has 2 rings (SSSR count).